The van der Waals surface area contributed by atoms with E-state index in [4.69, 9.17) is 14.2 Å². The van der Waals surface area contributed by atoms with Gasteiger partial charge < -0.3 is 14.2 Å². The van der Waals surface area contributed by atoms with E-state index in [2.05, 4.69) is 20.1 Å². The molecular formula is C13H22O3. The maximum atomic E-state index is 5.82. The van der Waals surface area contributed by atoms with Crippen LogP contribution in [-0.4, -0.2) is 24.9 Å². The summed E-state index contributed by atoms with van der Waals surface area (Å²) >= 11 is 0. The minimum absolute atomic E-state index is 0.148. The highest BCUT2D eigenvalue weighted by Crippen LogP contribution is 2.27. The van der Waals surface area contributed by atoms with Crippen LogP contribution < -0.4 is 0 Å². The fourth-order valence-corrected chi connectivity index (χ4v) is 2.09. The molecule has 1 heterocycles. The molecule has 16 heavy (non-hydrogen) atoms. The Kier molecular flexibility index (Phi) is 5.39. The van der Waals surface area contributed by atoms with E-state index < -0.39 is 0 Å². The van der Waals surface area contributed by atoms with Gasteiger partial charge in [-0.15, -0.1) is 0 Å². The molecule has 0 spiro atoms. The van der Waals surface area contributed by atoms with Gasteiger partial charge in [-0.25, -0.2) is 0 Å². The standard InChI is InChI=1S/C13H22O3/c1-5-14-9-10(3)7-12-8-13(15-6-2)11(4)16-12/h5-6,10-13H,1-2,7-9H2,3-4H3. The number of hydrogen-bond donors (Lipinski definition) is 0. The van der Waals surface area contributed by atoms with Crippen molar-refractivity contribution in [1.82, 2.24) is 0 Å². The molecule has 0 aliphatic carbocycles. The van der Waals surface area contributed by atoms with Gasteiger partial charge in [-0.3, -0.25) is 0 Å². The monoisotopic (exact) mass is 226 g/mol. The van der Waals surface area contributed by atoms with Crippen molar-refractivity contribution >= 4 is 0 Å². The summed E-state index contributed by atoms with van der Waals surface area (Å²) in [6.07, 6.45) is 5.48. The van der Waals surface area contributed by atoms with Gasteiger partial charge in [0.1, 0.15) is 6.10 Å². The lowest BCUT2D eigenvalue weighted by atomic mass is 10.0. The Labute approximate surface area is 98.1 Å². The van der Waals surface area contributed by atoms with Crippen molar-refractivity contribution in [2.45, 2.75) is 45.0 Å². The quantitative estimate of drug-likeness (QED) is 0.625. The molecule has 0 saturated carbocycles. The summed E-state index contributed by atoms with van der Waals surface area (Å²) in [5.74, 6) is 0.470. The number of rotatable bonds is 7. The minimum atomic E-state index is 0.148. The van der Waals surface area contributed by atoms with Crippen molar-refractivity contribution < 1.29 is 14.2 Å². The zero-order chi connectivity index (χ0) is 12.0. The van der Waals surface area contributed by atoms with Gasteiger partial charge in [0.15, 0.2) is 0 Å². The third-order valence-electron chi connectivity index (χ3n) is 2.86. The van der Waals surface area contributed by atoms with Crippen molar-refractivity contribution in [3.63, 3.8) is 0 Å². The Hall–Kier alpha value is -0.960. The normalized spacial score (nSPS) is 30.8. The average molecular weight is 226 g/mol. The summed E-state index contributed by atoms with van der Waals surface area (Å²) in [7, 11) is 0. The highest BCUT2D eigenvalue weighted by molar-refractivity contribution is 4.83. The van der Waals surface area contributed by atoms with Gasteiger partial charge in [-0.1, -0.05) is 20.1 Å². The second kappa shape index (κ2) is 6.59. The van der Waals surface area contributed by atoms with Crippen LogP contribution in [0.2, 0.25) is 0 Å². The predicted octanol–water partition coefficient (Wildman–Crippen LogP) is 2.88. The van der Waals surface area contributed by atoms with Crippen molar-refractivity contribution in [1.29, 1.82) is 0 Å². The second-order valence-electron chi connectivity index (χ2n) is 4.38. The van der Waals surface area contributed by atoms with E-state index in [0.29, 0.717) is 12.5 Å². The van der Waals surface area contributed by atoms with Crippen LogP contribution in [0.25, 0.3) is 0 Å². The summed E-state index contributed by atoms with van der Waals surface area (Å²) < 4.78 is 16.4. The molecule has 1 rings (SSSR count). The van der Waals surface area contributed by atoms with E-state index in [0.717, 1.165) is 12.8 Å². The van der Waals surface area contributed by atoms with E-state index in [-0.39, 0.29) is 18.3 Å². The number of hydrogen-bond acceptors (Lipinski definition) is 3. The van der Waals surface area contributed by atoms with E-state index in [1.54, 1.807) is 0 Å². The third kappa shape index (κ3) is 3.89. The first-order valence-corrected chi connectivity index (χ1v) is 5.81. The molecule has 0 aromatic carbocycles. The van der Waals surface area contributed by atoms with Crippen LogP contribution in [0.5, 0.6) is 0 Å². The Morgan fingerprint density at radius 1 is 1.44 bits per heavy atom. The van der Waals surface area contributed by atoms with Gasteiger partial charge in [0.25, 0.3) is 0 Å². The first kappa shape index (κ1) is 13.1. The lowest BCUT2D eigenvalue weighted by Crippen LogP contribution is -2.18. The largest absolute Gasteiger partial charge is 0.502 e. The highest BCUT2D eigenvalue weighted by Gasteiger charge is 2.33. The fourth-order valence-electron chi connectivity index (χ4n) is 2.09. The molecule has 0 amide bonds. The smallest absolute Gasteiger partial charge is 0.126 e. The Morgan fingerprint density at radius 2 is 2.19 bits per heavy atom. The van der Waals surface area contributed by atoms with Gasteiger partial charge >= 0.3 is 0 Å². The molecule has 3 nitrogen and oxygen atoms in total. The third-order valence-corrected chi connectivity index (χ3v) is 2.86. The highest BCUT2D eigenvalue weighted by atomic mass is 16.6. The van der Waals surface area contributed by atoms with Crippen LogP contribution in [0.3, 0.4) is 0 Å². The summed E-state index contributed by atoms with van der Waals surface area (Å²) in [6.45, 7) is 12.0. The second-order valence-corrected chi connectivity index (χ2v) is 4.38. The minimum Gasteiger partial charge on any atom is -0.502 e. The zero-order valence-corrected chi connectivity index (χ0v) is 10.2. The van der Waals surface area contributed by atoms with Gasteiger partial charge in [-0.2, -0.15) is 0 Å². The molecule has 92 valence electrons. The zero-order valence-electron chi connectivity index (χ0n) is 10.2. The van der Waals surface area contributed by atoms with Crippen LogP contribution in [0.15, 0.2) is 25.7 Å². The molecule has 1 fully saturated rings. The fraction of sp³-hybridized carbons (Fsp3) is 0.692. The lowest BCUT2D eigenvalue weighted by molar-refractivity contribution is 0.00725. The first-order chi connectivity index (χ1) is 7.67. The molecule has 3 heteroatoms. The molecule has 4 atom stereocenters. The molecular weight excluding hydrogens is 204 g/mol. The topological polar surface area (TPSA) is 27.7 Å². The summed E-state index contributed by atoms with van der Waals surface area (Å²) in [6, 6.07) is 0. The van der Waals surface area contributed by atoms with E-state index >= 15 is 0 Å². The van der Waals surface area contributed by atoms with Gasteiger partial charge in [0.05, 0.1) is 31.3 Å². The van der Waals surface area contributed by atoms with E-state index in [9.17, 15) is 0 Å². The van der Waals surface area contributed by atoms with Crippen molar-refractivity contribution in [3.8, 4) is 0 Å². The Morgan fingerprint density at radius 3 is 2.81 bits per heavy atom. The van der Waals surface area contributed by atoms with Gasteiger partial charge in [-0.05, 0) is 19.3 Å². The van der Waals surface area contributed by atoms with Crippen LogP contribution in [0.4, 0.5) is 0 Å². The van der Waals surface area contributed by atoms with Crippen LogP contribution in [-0.2, 0) is 14.2 Å². The Balaban J connectivity index is 2.28. The van der Waals surface area contributed by atoms with Crippen molar-refractivity contribution in [2.24, 2.45) is 5.92 Å². The van der Waals surface area contributed by atoms with Crippen molar-refractivity contribution in [3.05, 3.63) is 25.7 Å². The van der Waals surface area contributed by atoms with Crippen LogP contribution in [0.1, 0.15) is 26.7 Å². The SMILES string of the molecule is C=COCC(C)CC1CC(OC=C)C(C)O1. The van der Waals surface area contributed by atoms with E-state index in [1.165, 1.54) is 12.5 Å². The van der Waals surface area contributed by atoms with Gasteiger partial charge in [0, 0.05) is 6.42 Å². The first-order valence-electron chi connectivity index (χ1n) is 5.81. The molecule has 4 unspecified atom stereocenters. The lowest BCUT2D eigenvalue weighted by Gasteiger charge is -2.15. The summed E-state index contributed by atoms with van der Waals surface area (Å²) in [5, 5.41) is 0. The van der Waals surface area contributed by atoms with Gasteiger partial charge in [0.2, 0.25) is 0 Å². The average Bonchev–Trinajstić information content (AvgIpc) is 2.57. The molecule has 0 aromatic heterocycles. The summed E-state index contributed by atoms with van der Waals surface area (Å²) in [5.41, 5.74) is 0. The van der Waals surface area contributed by atoms with Crippen LogP contribution in [0, 0.1) is 5.92 Å². The molecule has 0 aromatic rings. The molecule has 1 aliphatic rings. The molecule has 1 saturated heterocycles. The van der Waals surface area contributed by atoms with Crippen LogP contribution >= 0.6 is 0 Å². The molecule has 1 aliphatic heterocycles. The molecule has 0 bridgehead atoms. The van der Waals surface area contributed by atoms with E-state index in [1.807, 2.05) is 6.92 Å². The molecule has 0 N–H and O–H groups in total. The number of ether oxygens (including phenoxy) is 3. The maximum Gasteiger partial charge on any atom is 0.126 e. The van der Waals surface area contributed by atoms with Crippen molar-refractivity contribution in [2.75, 3.05) is 6.61 Å². The predicted molar refractivity (Wildman–Crippen MR) is 64.0 cm³/mol. The molecule has 0 radical (unpaired) electrons. The summed E-state index contributed by atoms with van der Waals surface area (Å²) in [4.78, 5) is 0. The Bertz CT molecular complexity index is 227. The maximum absolute atomic E-state index is 5.82.